The molecule has 0 aliphatic rings. The molecule has 1 heterocycles. The standard InChI is InChI=1S/C18H15FN2O2.Li/c1-12-2-4-13(5-3-12)16-11-21(17(20-16)10-18(22)23)15-8-6-14(19)7-9-15;/h2-9,11H,10H2,1H3,(H,22,23);/q;+1/p-1. The van der Waals surface area contributed by atoms with E-state index in [9.17, 15) is 14.3 Å². The first kappa shape index (κ1) is 18.0. The van der Waals surface area contributed by atoms with Gasteiger partial charge >= 0.3 is 18.9 Å². The minimum Gasteiger partial charge on any atom is -0.550 e. The third kappa shape index (κ3) is 3.94. The number of halogens is 1. The summed E-state index contributed by atoms with van der Waals surface area (Å²) in [7, 11) is 0. The van der Waals surface area contributed by atoms with Gasteiger partial charge in [-0.05, 0) is 31.2 Å². The van der Waals surface area contributed by atoms with E-state index in [4.69, 9.17) is 0 Å². The van der Waals surface area contributed by atoms with Crippen LogP contribution in [0.2, 0.25) is 0 Å². The largest absolute Gasteiger partial charge is 1.00 e. The molecule has 3 rings (SSSR count). The number of aromatic nitrogens is 2. The Morgan fingerprint density at radius 1 is 1.12 bits per heavy atom. The van der Waals surface area contributed by atoms with Gasteiger partial charge in [-0.25, -0.2) is 9.37 Å². The van der Waals surface area contributed by atoms with Crippen LogP contribution in [0.25, 0.3) is 16.9 Å². The van der Waals surface area contributed by atoms with E-state index in [2.05, 4.69) is 4.98 Å². The van der Waals surface area contributed by atoms with E-state index in [1.165, 1.54) is 12.1 Å². The van der Waals surface area contributed by atoms with Crippen molar-refractivity contribution in [2.45, 2.75) is 13.3 Å². The summed E-state index contributed by atoms with van der Waals surface area (Å²) in [5, 5.41) is 11.0. The molecule has 0 aliphatic heterocycles. The summed E-state index contributed by atoms with van der Waals surface area (Å²) in [5.41, 5.74) is 3.32. The Bertz CT molecular complexity index is 842. The molecule has 0 radical (unpaired) electrons. The molecule has 0 N–H and O–H groups in total. The van der Waals surface area contributed by atoms with Gasteiger partial charge in [-0.1, -0.05) is 29.8 Å². The number of aliphatic carboxylic acids is 1. The monoisotopic (exact) mass is 316 g/mol. The second-order valence-corrected chi connectivity index (χ2v) is 5.30. The van der Waals surface area contributed by atoms with Crippen molar-refractivity contribution in [3.63, 3.8) is 0 Å². The maximum Gasteiger partial charge on any atom is 1.00 e. The summed E-state index contributed by atoms with van der Waals surface area (Å²) < 4.78 is 14.7. The normalized spacial score (nSPS) is 10.2. The van der Waals surface area contributed by atoms with Gasteiger partial charge in [0.15, 0.2) is 0 Å². The maximum absolute atomic E-state index is 13.1. The molecule has 0 aliphatic carbocycles. The van der Waals surface area contributed by atoms with Gasteiger partial charge in [0.25, 0.3) is 0 Å². The molecule has 1 aromatic heterocycles. The summed E-state index contributed by atoms with van der Waals surface area (Å²) in [6.07, 6.45) is 1.43. The SMILES string of the molecule is Cc1ccc(-c2cn(-c3ccc(F)cc3)c(CC(=O)[O-])n2)cc1.[Li+]. The Morgan fingerprint density at radius 3 is 2.33 bits per heavy atom. The Morgan fingerprint density at radius 2 is 1.75 bits per heavy atom. The smallest absolute Gasteiger partial charge is 0.550 e. The molecular weight excluding hydrogens is 302 g/mol. The van der Waals surface area contributed by atoms with Crippen LogP contribution in [-0.4, -0.2) is 15.5 Å². The molecule has 24 heavy (non-hydrogen) atoms. The van der Waals surface area contributed by atoms with Gasteiger partial charge in [0.1, 0.15) is 11.6 Å². The van der Waals surface area contributed by atoms with Gasteiger partial charge < -0.3 is 14.5 Å². The number of carbonyl (C=O) groups excluding carboxylic acids is 1. The van der Waals surface area contributed by atoms with E-state index < -0.39 is 5.97 Å². The van der Waals surface area contributed by atoms with Crippen LogP contribution in [0.3, 0.4) is 0 Å². The van der Waals surface area contributed by atoms with Gasteiger partial charge in [0.05, 0.1) is 5.69 Å². The van der Waals surface area contributed by atoms with Crippen LogP contribution in [0.4, 0.5) is 4.39 Å². The van der Waals surface area contributed by atoms with Gasteiger partial charge in [-0.3, -0.25) is 0 Å². The molecule has 0 unspecified atom stereocenters. The van der Waals surface area contributed by atoms with Crippen LogP contribution < -0.4 is 24.0 Å². The number of benzene rings is 2. The molecule has 116 valence electrons. The first-order valence-electron chi connectivity index (χ1n) is 7.14. The topological polar surface area (TPSA) is 58.0 Å². The summed E-state index contributed by atoms with van der Waals surface area (Å²) in [6.45, 7) is 1.99. The molecule has 0 atom stereocenters. The zero-order valence-electron chi connectivity index (χ0n) is 13.5. The van der Waals surface area contributed by atoms with Crippen molar-refractivity contribution in [2.24, 2.45) is 0 Å². The number of nitrogens with zero attached hydrogens (tertiary/aromatic N) is 2. The number of hydrogen-bond acceptors (Lipinski definition) is 3. The van der Waals surface area contributed by atoms with Crippen LogP contribution in [0.5, 0.6) is 0 Å². The molecule has 0 amide bonds. The molecule has 0 spiro atoms. The van der Waals surface area contributed by atoms with Gasteiger partial charge in [-0.2, -0.15) is 0 Å². The van der Waals surface area contributed by atoms with E-state index in [0.717, 1.165) is 11.1 Å². The number of imidazole rings is 1. The Kier molecular flexibility index (Phi) is 5.61. The maximum atomic E-state index is 13.1. The number of carboxylic acids is 1. The quantitative estimate of drug-likeness (QED) is 0.597. The number of carboxylic acid groups (broad SMARTS) is 1. The molecule has 2 aromatic carbocycles. The van der Waals surface area contributed by atoms with Crippen molar-refractivity contribution in [1.29, 1.82) is 0 Å². The third-order valence-corrected chi connectivity index (χ3v) is 3.53. The Balaban J connectivity index is 0.00000208. The van der Waals surface area contributed by atoms with Crippen molar-refractivity contribution in [3.8, 4) is 16.9 Å². The fourth-order valence-electron chi connectivity index (χ4n) is 2.36. The molecule has 6 heteroatoms. The van der Waals surface area contributed by atoms with Gasteiger partial charge in [0, 0.05) is 29.8 Å². The Hall–Kier alpha value is -2.35. The first-order valence-corrected chi connectivity index (χ1v) is 7.14. The average Bonchev–Trinajstić information content (AvgIpc) is 2.92. The minimum absolute atomic E-state index is 0. The van der Waals surface area contributed by atoms with Gasteiger partial charge in [0.2, 0.25) is 0 Å². The van der Waals surface area contributed by atoms with Crippen LogP contribution in [0, 0.1) is 12.7 Å². The van der Waals surface area contributed by atoms with Crippen molar-refractivity contribution in [3.05, 3.63) is 71.9 Å². The first-order chi connectivity index (χ1) is 11.0. The zero-order valence-corrected chi connectivity index (χ0v) is 13.5. The fourth-order valence-corrected chi connectivity index (χ4v) is 2.36. The molecule has 0 saturated carbocycles. The zero-order chi connectivity index (χ0) is 16.4. The summed E-state index contributed by atoms with van der Waals surface area (Å²) in [5.74, 6) is -1.23. The van der Waals surface area contributed by atoms with Crippen LogP contribution in [-0.2, 0) is 11.2 Å². The minimum atomic E-state index is -1.21. The van der Waals surface area contributed by atoms with Crippen molar-refractivity contribution < 1.29 is 33.2 Å². The van der Waals surface area contributed by atoms with Crippen molar-refractivity contribution in [2.75, 3.05) is 0 Å². The second kappa shape index (κ2) is 7.48. The van der Waals surface area contributed by atoms with Crippen LogP contribution >= 0.6 is 0 Å². The summed E-state index contributed by atoms with van der Waals surface area (Å²) in [6, 6.07) is 13.6. The number of rotatable bonds is 4. The number of aryl methyl sites for hydroxylation is 1. The van der Waals surface area contributed by atoms with Crippen LogP contribution in [0.1, 0.15) is 11.4 Å². The van der Waals surface area contributed by atoms with Crippen molar-refractivity contribution >= 4 is 5.97 Å². The molecule has 4 nitrogen and oxygen atoms in total. The molecular formula is C18H14FLiN2O2. The van der Waals surface area contributed by atoms with E-state index in [1.54, 1.807) is 22.9 Å². The average molecular weight is 316 g/mol. The molecule has 0 saturated heterocycles. The number of hydrogen-bond donors (Lipinski definition) is 0. The van der Waals surface area contributed by atoms with Crippen molar-refractivity contribution in [1.82, 2.24) is 9.55 Å². The fraction of sp³-hybridized carbons (Fsp3) is 0.111. The van der Waals surface area contributed by atoms with E-state index in [1.807, 2.05) is 31.2 Å². The number of carbonyl (C=O) groups is 1. The van der Waals surface area contributed by atoms with E-state index in [-0.39, 0.29) is 31.1 Å². The van der Waals surface area contributed by atoms with Crippen LogP contribution in [0.15, 0.2) is 54.7 Å². The second-order valence-electron chi connectivity index (χ2n) is 5.30. The molecule has 3 aromatic rings. The van der Waals surface area contributed by atoms with E-state index >= 15 is 0 Å². The van der Waals surface area contributed by atoms with Gasteiger partial charge in [-0.15, -0.1) is 0 Å². The molecule has 0 bridgehead atoms. The third-order valence-electron chi connectivity index (χ3n) is 3.53. The summed E-state index contributed by atoms with van der Waals surface area (Å²) >= 11 is 0. The van der Waals surface area contributed by atoms with E-state index in [0.29, 0.717) is 17.2 Å². The summed E-state index contributed by atoms with van der Waals surface area (Å²) in [4.78, 5) is 15.4. The molecule has 0 fully saturated rings. The predicted molar refractivity (Wildman–Crippen MR) is 82.4 cm³/mol. The Labute approximate surface area is 151 Å². The predicted octanol–water partition coefficient (Wildman–Crippen LogP) is -0.717.